The molecule has 0 saturated heterocycles. The van der Waals surface area contributed by atoms with Gasteiger partial charge in [-0.05, 0) is 44.9 Å². The van der Waals surface area contributed by atoms with Gasteiger partial charge in [-0.2, -0.15) is 0 Å². The molecule has 0 fully saturated rings. The molecule has 0 aromatic rings. The molecule has 2 atom stereocenters. The van der Waals surface area contributed by atoms with Gasteiger partial charge in [0.15, 0.2) is 0 Å². The largest absolute Gasteiger partial charge is 0.457 e. The first kappa shape index (κ1) is 47.1. The van der Waals surface area contributed by atoms with E-state index in [2.05, 4.69) is 26.0 Å². The fourth-order valence-corrected chi connectivity index (χ4v) is 6.39. The Kier molecular flexibility index (Phi) is 39.8. The van der Waals surface area contributed by atoms with E-state index in [1.54, 1.807) is 0 Å². The summed E-state index contributed by atoms with van der Waals surface area (Å²) in [5, 5.41) is 19.9. The SMILES string of the molecule is CCCCCCCC/C=C\CCCCCCCC(=O)OC(CO)COCCC(O)CCCCCCCCCCCCCCCCCCC. The van der Waals surface area contributed by atoms with E-state index in [0.717, 1.165) is 38.5 Å². The van der Waals surface area contributed by atoms with E-state index in [4.69, 9.17) is 9.47 Å². The van der Waals surface area contributed by atoms with Crippen molar-refractivity contribution in [1.82, 2.24) is 0 Å². The number of hydrogen-bond donors (Lipinski definition) is 2. The zero-order valence-electron chi connectivity index (χ0n) is 32.4. The van der Waals surface area contributed by atoms with Gasteiger partial charge >= 0.3 is 5.97 Å². The normalized spacial score (nSPS) is 13.0. The van der Waals surface area contributed by atoms with Crippen molar-refractivity contribution < 1.29 is 24.5 Å². The first-order valence-corrected chi connectivity index (χ1v) is 21.3. The van der Waals surface area contributed by atoms with E-state index in [1.807, 2.05) is 0 Å². The van der Waals surface area contributed by atoms with Crippen LogP contribution >= 0.6 is 0 Å². The molecule has 0 aliphatic carbocycles. The monoisotopic (exact) mass is 681 g/mol. The Morgan fingerprint density at radius 3 is 1.38 bits per heavy atom. The van der Waals surface area contributed by atoms with Crippen LogP contribution in [0.2, 0.25) is 0 Å². The summed E-state index contributed by atoms with van der Waals surface area (Å²) in [4.78, 5) is 12.2. The highest BCUT2D eigenvalue weighted by atomic mass is 16.6. The third-order valence-corrected chi connectivity index (χ3v) is 9.68. The highest BCUT2D eigenvalue weighted by Gasteiger charge is 2.14. The second-order valence-corrected chi connectivity index (χ2v) is 14.6. The van der Waals surface area contributed by atoms with E-state index in [0.29, 0.717) is 19.4 Å². The molecule has 0 spiro atoms. The van der Waals surface area contributed by atoms with Crippen molar-refractivity contribution in [2.75, 3.05) is 19.8 Å². The van der Waals surface area contributed by atoms with Crippen LogP contribution in [-0.2, 0) is 14.3 Å². The van der Waals surface area contributed by atoms with Crippen LogP contribution in [0.25, 0.3) is 0 Å². The van der Waals surface area contributed by atoms with Crippen LogP contribution in [0.1, 0.15) is 226 Å². The van der Waals surface area contributed by atoms with Crippen LogP contribution < -0.4 is 0 Å². The van der Waals surface area contributed by atoms with Gasteiger partial charge in [-0.15, -0.1) is 0 Å². The van der Waals surface area contributed by atoms with Gasteiger partial charge in [-0.1, -0.05) is 187 Å². The lowest BCUT2D eigenvalue weighted by Gasteiger charge is -2.17. The Bertz CT molecular complexity index is 651. The molecule has 5 nitrogen and oxygen atoms in total. The minimum Gasteiger partial charge on any atom is -0.457 e. The summed E-state index contributed by atoms with van der Waals surface area (Å²) < 4.78 is 11.0. The second kappa shape index (κ2) is 40.5. The quantitative estimate of drug-likeness (QED) is 0.0383. The number of unbranched alkanes of at least 4 members (excludes halogenated alkanes) is 27. The summed E-state index contributed by atoms with van der Waals surface area (Å²) in [6.07, 6.45) is 44.6. The first-order valence-electron chi connectivity index (χ1n) is 21.3. The number of hydrogen-bond acceptors (Lipinski definition) is 5. The Labute approximate surface area is 299 Å². The Balaban J connectivity index is 3.48. The average molecular weight is 681 g/mol. The van der Waals surface area contributed by atoms with Gasteiger partial charge in [-0.3, -0.25) is 4.79 Å². The summed E-state index contributed by atoms with van der Waals surface area (Å²) in [5.74, 6) is -0.255. The van der Waals surface area contributed by atoms with Crippen LogP contribution in [0.15, 0.2) is 12.2 Å². The molecule has 2 N–H and O–H groups in total. The van der Waals surface area contributed by atoms with Crippen molar-refractivity contribution in [1.29, 1.82) is 0 Å². The summed E-state index contributed by atoms with van der Waals surface area (Å²) >= 11 is 0. The zero-order chi connectivity index (χ0) is 35.0. The topological polar surface area (TPSA) is 76.0 Å². The van der Waals surface area contributed by atoms with Crippen LogP contribution in [0.5, 0.6) is 0 Å². The molecule has 0 aromatic carbocycles. The average Bonchev–Trinajstić information content (AvgIpc) is 3.09. The third kappa shape index (κ3) is 37.9. The Morgan fingerprint density at radius 2 is 0.938 bits per heavy atom. The van der Waals surface area contributed by atoms with Crippen molar-refractivity contribution >= 4 is 5.97 Å². The maximum Gasteiger partial charge on any atom is 0.306 e. The Hall–Kier alpha value is -0.910. The van der Waals surface area contributed by atoms with Gasteiger partial charge in [0, 0.05) is 13.0 Å². The zero-order valence-corrected chi connectivity index (χ0v) is 32.4. The number of carbonyl (C=O) groups is 1. The van der Waals surface area contributed by atoms with Gasteiger partial charge in [0.2, 0.25) is 0 Å². The van der Waals surface area contributed by atoms with Crippen LogP contribution in [0.4, 0.5) is 0 Å². The molecule has 5 heteroatoms. The first-order chi connectivity index (χ1) is 23.6. The van der Waals surface area contributed by atoms with Crippen molar-refractivity contribution in [2.45, 2.75) is 238 Å². The van der Waals surface area contributed by atoms with Crippen LogP contribution in [-0.4, -0.2) is 48.2 Å². The molecule has 48 heavy (non-hydrogen) atoms. The van der Waals surface area contributed by atoms with E-state index >= 15 is 0 Å². The number of ether oxygens (including phenoxy) is 2. The number of allylic oxidation sites excluding steroid dienone is 2. The minimum absolute atomic E-state index is 0.181. The van der Waals surface area contributed by atoms with Crippen molar-refractivity contribution in [2.24, 2.45) is 0 Å². The maximum atomic E-state index is 12.2. The molecule has 0 radical (unpaired) electrons. The predicted octanol–water partition coefficient (Wildman–Crippen LogP) is 12.7. The third-order valence-electron chi connectivity index (χ3n) is 9.68. The van der Waals surface area contributed by atoms with Crippen molar-refractivity contribution in [3.05, 3.63) is 12.2 Å². The lowest BCUT2D eigenvalue weighted by Crippen LogP contribution is -2.27. The van der Waals surface area contributed by atoms with Gasteiger partial charge in [-0.25, -0.2) is 0 Å². The van der Waals surface area contributed by atoms with Crippen LogP contribution in [0.3, 0.4) is 0 Å². The molecule has 0 amide bonds. The smallest absolute Gasteiger partial charge is 0.306 e. The number of aliphatic hydroxyl groups excluding tert-OH is 2. The summed E-state index contributed by atoms with van der Waals surface area (Å²) in [6, 6.07) is 0. The summed E-state index contributed by atoms with van der Waals surface area (Å²) in [7, 11) is 0. The summed E-state index contributed by atoms with van der Waals surface area (Å²) in [5.41, 5.74) is 0. The lowest BCUT2D eigenvalue weighted by molar-refractivity contribution is -0.155. The van der Waals surface area contributed by atoms with Crippen molar-refractivity contribution in [3.8, 4) is 0 Å². The molecular weight excluding hydrogens is 596 g/mol. The van der Waals surface area contributed by atoms with Gasteiger partial charge in [0.05, 0.1) is 19.3 Å². The second-order valence-electron chi connectivity index (χ2n) is 14.6. The molecule has 286 valence electrons. The fraction of sp³-hybridized carbons (Fsp3) is 0.930. The lowest BCUT2D eigenvalue weighted by atomic mass is 10.0. The van der Waals surface area contributed by atoms with Gasteiger partial charge < -0.3 is 19.7 Å². The highest BCUT2D eigenvalue weighted by Crippen LogP contribution is 2.16. The predicted molar refractivity (Wildman–Crippen MR) is 207 cm³/mol. The molecule has 0 aliphatic rings. The molecular formula is C43H84O5. The summed E-state index contributed by atoms with van der Waals surface area (Å²) in [6.45, 7) is 4.91. The number of rotatable bonds is 40. The molecule has 0 bridgehead atoms. The molecule has 0 saturated carbocycles. The Morgan fingerprint density at radius 1 is 0.542 bits per heavy atom. The minimum atomic E-state index is -0.622. The van der Waals surface area contributed by atoms with Crippen LogP contribution in [0, 0.1) is 0 Å². The van der Waals surface area contributed by atoms with Crippen molar-refractivity contribution in [3.63, 3.8) is 0 Å². The standard InChI is InChI=1S/C43H84O5/c1-3-5-7-9-11-13-15-17-19-20-22-23-25-27-29-31-33-35-41(45)37-38-47-40-42(39-44)48-43(46)36-34-32-30-28-26-24-21-18-16-14-12-10-8-6-4-2/h18,21,41-42,44-45H,3-17,19-20,22-40H2,1-2H3/b21-18-. The van der Waals surface area contributed by atoms with E-state index < -0.39 is 6.10 Å². The van der Waals surface area contributed by atoms with E-state index in [9.17, 15) is 15.0 Å². The molecule has 0 heterocycles. The fourth-order valence-electron chi connectivity index (χ4n) is 6.39. The number of esters is 1. The molecule has 0 rings (SSSR count). The highest BCUT2D eigenvalue weighted by molar-refractivity contribution is 5.69. The maximum absolute atomic E-state index is 12.2. The molecule has 2 unspecified atom stereocenters. The number of aliphatic hydroxyl groups is 2. The van der Waals surface area contributed by atoms with E-state index in [-0.39, 0.29) is 25.3 Å². The van der Waals surface area contributed by atoms with Gasteiger partial charge in [0.25, 0.3) is 0 Å². The molecule has 0 aromatic heterocycles. The van der Waals surface area contributed by atoms with E-state index in [1.165, 1.54) is 161 Å². The number of carbonyl (C=O) groups excluding carboxylic acids is 1. The van der Waals surface area contributed by atoms with Gasteiger partial charge in [0.1, 0.15) is 6.10 Å². The molecule has 0 aliphatic heterocycles.